The highest BCUT2D eigenvalue weighted by atomic mass is 32.2. The molecule has 0 saturated heterocycles. The molecule has 12 heteroatoms. The molecular weight excluding hydrogens is 538 g/mol. The highest BCUT2D eigenvalue weighted by Crippen LogP contribution is 2.27. The van der Waals surface area contributed by atoms with Crippen LogP contribution in [-0.4, -0.2) is 44.0 Å². The number of methoxy groups -OCH3 is 1. The predicted octanol–water partition coefficient (Wildman–Crippen LogP) is 4.67. The summed E-state index contributed by atoms with van der Waals surface area (Å²) in [5.41, 5.74) is 3.63. The third kappa shape index (κ3) is 6.25. The maximum Gasteiger partial charge on any atom is 0.295 e. The summed E-state index contributed by atoms with van der Waals surface area (Å²) < 4.78 is 39.6. The molecule has 0 aliphatic rings. The van der Waals surface area contributed by atoms with Crippen molar-refractivity contribution in [2.24, 2.45) is 0 Å². The smallest absolute Gasteiger partial charge is 0.295 e. The van der Waals surface area contributed by atoms with Crippen molar-refractivity contribution in [3.63, 3.8) is 0 Å². The maximum atomic E-state index is 13.3. The van der Waals surface area contributed by atoms with Crippen LogP contribution in [0.3, 0.4) is 0 Å². The lowest BCUT2D eigenvalue weighted by atomic mass is 10.2. The minimum Gasteiger partial charge on any atom is -0.497 e. The van der Waals surface area contributed by atoms with E-state index < -0.39 is 22.0 Å². The van der Waals surface area contributed by atoms with Gasteiger partial charge in [-0.25, -0.2) is 13.4 Å². The summed E-state index contributed by atoms with van der Waals surface area (Å²) in [5.74, 6) is 0.127. The van der Waals surface area contributed by atoms with Crippen molar-refractivity contribution in [2.75, 3.05) is 24.3 Å². The van der Waals surface area contributed by atoms with Crippen LogP contribution in [0.2, 0.25) is 0 Å². The number of nitrogens with one attached hydrogen (secondary N) is 3. The van der Waals surface area contributed by atoms with Crippen molar-refractivity contribution in [3.8, 4) is 17.0 Å². The number of amides is 1. The van der Waals surface area contributed by atoms with E-state index in [1.165, 1.54) is 23.5 Å². The Morgan fingerprint density at radius 2 is 1.77 bits per heavy atom. The maximum absolute atomic E-state index is 13.3. The van der Waals surface area contributed by atoms with E-state index in [0.29, 0.717) is 21.9 Å². The van der Waals surface area contributed by atoms with Gasteiger partial charge in [-0.2, -0.15) is 9.71 Å². The molecule has 5 rings (SSSR count). The van der Waals surface area contributed by atoms with Gasteiger partial charge in [-0.15, -0.1) is 11.3 Å². The third-order valence-corrected chi connectivity index (χ3v) is 8.06. The number of ether oxygens (including phenoxy) is 1. The van der Waals surface area contributed by atoms with Crippen LogP contribution in [-0.2, 0) is 14.8 Å². The number of rotatable bonds is 10. The Kier molecular flexibility index (Phi) is 7.59. The molecule has 1 amide bonds. The summed E-state index contributed by atoms with van der Waals surface area (Å²) in [6.07, 6.45) is 0. The number of anilines is 2. The largest absolute Gasteiger partial charge is 0.497 e. The summed E-state index contributed by atoms with van der Waals surface area (Å²) >= 11 is 1.23. The number of nitrogens with zero attached hydrogens (tertiary/aromatic N) is 2. The van der Waals surface area contributed by atoms with Crippen molar-refractivity contribution in [2.45, 2.75) is 17.9 Å². The van der Waals surface area contributed by atoms with Gasteiger partial charge in [-0.3, -0.25) is 4.79 Å². The summed E-state index contributed by atoms with van der Waals surface area (Å²) in [6.45, 7) is 1.74. The Morgan fingerprint density at radius 3 is 2.49 bits per heavy atom. The molecule has 0 aliphatic carbocycles. The lowest BCUT2D eigenvalue weighted by Gasteiger charge is -2.18. The van der Waals surface area contributed by atoms with Crippen LogP contribution in [0.4, 0.5) is 11.1 Å². The van der Waals surface area contributed by atoms with Gasteiger partial charge in [0.15, 0.2) is 10.7 Å². The van der Waals surface area contributed by atoms with Gasteiger partial charge in [0.25, 0.3) is 6.01 Å². The number of thiazole rings is 1. The van der Waals surface area contributed by atoms with E-state index in [9.17, 15) is 13.2 Å². The van der Waals surface area contributed by atoms with Crippen LogP contribution >= 0.6 is 11.3 Å². The topological polar surface area (TPSA) is 135 Å². The average molecular weight is 564 g/mol. The number of fused-ring (bicyclic) bond motifs is 1. The number of para-hydroxylation sites is 2. The summed E-state index contributed by atoms with van der Waals surface area (Å²) in [5, 5.41) is 7.79. The Hall–Kier alpha value is -4.26. The number of hydrogen-bond donors (Lipinski definition) is 3. The molecule has 3 aromatic carbocycles. The van der Waals surface area contributed by atoms with E-state index in [1.807, 2.05) is 43.3 Å². The van der Waals surface area contributed by atoms with E-state index in [4.69, 9.17) is 9.15 Å². The van der Waals surface area contributed by atoms with Crippen molar-refractivity contribution >= 4 is 49.5 Å². The molecule has 10 nitrogen and oxygen atoms in total. The Morgan fingerprint density at radius 1 is 1.03 bits per heavy atom. The van der Waals surface area contributed by atoms with Crippen LogP contribution < -0.4 is 20.1 Å². The fourth-order valence-electron chi connectivity index (χ4n) is 3.72. The highest BCUT2D eigenvalue weighted by molar-refractivity contribution is 7.89. The first-order chi connectivity index (χ1) is 18.8. The minimum atomic E-state index is -4.02. The molecular formula is C27H25N5O5S2. The summed E-state index contributed by atoms with van der Waals surface area (Å²) in [6, 6.07) is 19.9. The molecule has 0 radical (unpaired) electrons. The molecule has 0 saturated carbocycles. The number of sulfonamides is 1. The van der Waals surface area contributed by atoms with Gasteiger partial charge in [0.05, 0.1) is 17.7 Å². The van der Waals surface area contributed by atoms with Crippen LogP contribution in [0.5, 0.6) is 5.75 Å². The monoisotopic (exact) mass is 563 g/mol. The predicted molar refractivity (Wildman–Crippen MR) is 151 cm³/mol. The highest BCUT2D eigenvalue weighted by Gasteiger charge is 2.27. The molecule has 39 heavy (non-hydrogen) atoms. The SMILES string of the molecule is COc1ccc(-c2csc(NC(=O)C(CNc3nc4ccccc4o3)NS(=O)(=O)c3ccc(C)cc3)n2)cc1. The van der Waals surface area contributed by atoms with E-state index >= 15 is 0 Å². The molecule has 2 heterocycles. The zero-order valence-corrected chi connectivity index (χ0v) is 22.7. The van der Waals surface area contributed by atoms with Gasteiger partial charge in [-0.1, -0.05) is 29.8 Å². The van der Waals surface area contributed by atoms with Crippen molar-refractivity contribution in [1.82, 2.24) is 14.7 Å². The fraction of sp³-hybridized carbons (Fsp3) is 0.148. The Bertz CT molecular complexity index is 1660. The number of carbonyl (C=O) groups excluding carboxylic acids is 1. The van der Waals surface area contributed by atoms with Crippen LogP contribution in [0.1, 0.15) is 5.56 Å². The van der Waals surface area contributed by atoms with Gasteiger partial charge in [0, 0.05) is 17.5 Å². The number of benzene rings is 3. The number of aromatic nitrogens is 2. The van der Waals surface area contributed by atoms with Crippen LogP contribution in [0, 0.1) is 6.92 Å². The van der Waals surface area contributed by atoms with Crippen molar-refractivity contribution in [1.29, 1.82) is 0 Å². The number of hydrogen-bond acceptors (Lipinski definition) is 9. The van der Waals surface area contributed by atoms with Gasteiger partial charge in [0.2, 0.25) is 15.9 Å². The minimum absolute atomic E-state index is 0.0452. The molecule has 0 aliphatic heterocycles. The number of carbonyl (C=O) groups is 1. The lowest BCUT2D eigenvalue weighted by molar-refractivity contribution is -0.117. The lowest BCUT2D eigenvalue weighted by Crippen LogP contribution is -2.47. The number of oxazole rings is 1. The second-order valence-corrected chi connectivity index (χ2v) is 11.2. The van der Waals surface area contributed by atoms with Crippen LogP contribution in [0.25, 0.3) is 22.4 Å². The molecule has 1 atom stereocenters. The second-order valence-electron chi connectivity index (χ2n) is 8.61. The van der Waals surface area contributed by atoms with E-state index in [2.05, 4.69) is 25.3 Å². The average Bonchev–Trinajstić information content (AvgIpc) is 3.58. The molecule has 0 bridgehead atoms. The van der Waals surface area contributed by atoms with Crippen molar-refractivity contribution < 1.29 is 22.4 Å². The molecule has 2 aromatic heterocycles. The number of aryl methyl sites for hydroxylation is 1. The zero-order valence-electron chi connectivity index (χ0n) is 21.0. The summed E-state index contributed by atoms with van der Waals surface area (Å²) in [4.78, 5) is 22.2. The first-order valence-electron chi connectivity index (χ1n) is 11.9. The van der Waals surface area contributed by atoms with E-state index in [1.54, 1.807) is 36.8 Å². The first kappa shape index (κ1) is 26.4. The standard InChI is InChI=1S/C27H25N5O5S2/c1-17-7-13-20(14-8-17)39(34,35)32-22(15-28-26-29-21-5-3-4-6-24(21)37-26)25(33)31-27-30-23(16-38-27)18-9-11-19(36-2)12-10-18/h3-14,16,22,32H,15H2,1-2H3,(H,28,29)(H,30,31,33). The quantitative estimate of drug-likeness (QED) is 0.223. The van der Waals surface area contributed by atoms with Gasteiger partial charge < -0.3 is 19.8 Å². The molecule has 3 N–H and O–H groups in total. The fourth-order valence-corrected chi connectivity index (χ4v) is 5.63. The molecule has 0 fully saturated rings. The van der Waals surface area contributed by atoms with E-state index in [-0.39, 0.29) is 17.5 Å². The second kappa shape index (κ2) is 11.2. The molecule has 0 spiro atoms. The Labute approximate surface area is 229 Å². The first-order valence-corrected chi connectivity index (χ1v) is 14.3. The van der Waals surface area contributed by atoms with Crippen molar-refractivity contribution in [3.05, 3.63) is 83.7 Å². The van der Waals surface area contributed by atoms with Gasteiger partial charge >= 0.3 is 0 Å². The summed E-state index contributed by atoms with van der Waals surface area (Å²) in [7, 11) is -2.43. The molecule has 5 aromatic rings. The molecule has 1 unspecified atom stereocenters. The normalized spacial score (nSPS) is 12.3. The zero-order chi connectivity index (χ0) is 27.4. The van der Waals surface area contributed by atoms with E-state index in [0.717, 1.165) is 16.9 Å². The third-order valence-electron chi connectivity index (χ3n) is 5.82. The van der Waals surface area contributed by atoms with Gasteiger partial charge in [-0.05, 0) is 55.5 Å². The Balaban J connectivity index is 1.35. The molecule has 200 valence electrons. The van der Waals surface area contributed by atoms with Gasteiger partial charge in [0.1, 0.15) is 17.3 Å². The van der Waals surface area contributed by atoms with Crippen LogP contribution in [0.15, 0.2) is 87.5 Å².